The van der Waals surface area contributed by atoms with E-state index in [4.69, 9.17) is 5.11 Å². The van der Waals surface area contributed by atoms with Crippen molar-refractivity contribution in [3.05, 3.63) is 0 Å². The molecule has 3 heteroatoms. The summed E-state index contributed by atoms with van der Waals surface area (Å²) < 4.78 is 12.3. The lowest BCUT2D eigenvalue weighted by molar-refractivity contribution is -0.130. The van der Waals surface area contributed by atoms with Gasteiger partial charge < -0.3 is 5.11 Å². The van der Waals surface area contributed by atoms with Gasteiger partial charge >= 0.3 is 5.97 Å². The first-order valence-corrected chi connectivity index (χ1v) is 2.37. The molecule has 0 aromatic heterocycles. The van der Waals surface area contributed by atoms with E-state index < -0.39 is 11.6 Å². The maximum Gasteiger partial charge on any atom is 0.382 e. The van der Waals surface area contributed by atoms with Gasteiger partial charge in [0.1, 0.15) is 0 Å². The Morgan fingerprint density at radius 1 is 1.67 bits per heavy atom. The second kappa shape index (κ2) is 2.49. The zero-order valence-corrected chi connectivity index (χ0v) is 5.23. The summed E-state index contributed by atoms with van der Waals surface area (Å²) in [7, 11) is 0. The first-order valence-electron chi connectivity index (χ1n) is 2.37. The van der Waals surface area contributed by atoms with Crippen LogP contribution in [0.15, 0.2) is 0 Å². The molecule has 0 spiro atoms. The molecular formula is C6H7FO2. The van der Waals surface area contributed by atoms with E-state index >= 15 is 0 Å². The van der Waals surface area contributed by atoms with Crippen LogP contribution in [0.5, 0.6) is 0 Å². The zero-order chi connectivity index (χ0) is 7.49. The predicted octanol–water partition coefficient (Wildman–Crippen LogP) is 0.823. The molecule has 0 aliphatic rings. The summed E-state index contributed by atoms with van der Waals surface area (Å²) >= 11 is 0. The van der Waals surface area contributed by atoms with E-state index in [0.29, 0.717) is 0 Å². The molecule has 0 aliphatic carbocycles. The molecule has 2 nitrogen and oxygen atoms in total. The summed E-state index contributed by atoms with van der Waals surface area (Å²) in [4.78, 5) is 9.71. The molecule has 1 N–H and O–H groups in total. The molecular weight excluding hydrogens is 123 g/mol. The average Bonchev–Trinajstić information content (AvgIpc) is 1.59. The van der Waals surface area contributed by atoms with Gasteiger partial charge in [-0.1, -0.05) is 5.92 Å². The smallest absolute Gasteiger partial charge is 0.382 e. The Bertz CT molecular complexity index is 168. The molecule has 0 aliphatic heterocycles. The van der Waals surface area contributed by atoms with Crippen molar-refractivity contribution in [3.8, 4) is 11.8 Å². The summed E-state index contributed by atoms with van der Waals surface area (Å²) in [5.74, 6) is 2.28. The van der Waals surface area contributed by atoms with Crippen LogP contribution in [-0.4, -0.2) is 16.7 Å². The highest BCUT2D eigenvalue weighted by atomic mass is 19.1. The third-order valence-electron chi connectivity index (χ3n) is 0.467. The van der Waals surface area contributed by atoms with Crippen LogP contribution in [0.1, 0.15) is 13.8 Å². The lowest BCUT2D eigenvalue weighted by atomic mass is 10.2. The largest absolute Gasteiger partial charge is 0.472 e. The highest BCUT2D eigenvalue weighted by Crippen LogP contribution is 2.03. The van der Waals surface area contributed by atoms with E-state index in [0.717, 1.165) is 0 Å². The third kappa shape index (κ3) is 6.96. The number of hydrogen-bond donors (Lipinski definition) is 1. The fourth-order valence-corrected chi connectivity index (χ4v) is 0.202. The summed E-state index contributed by atoms with van der Waals surface area (Å²) in [6.07, 6.45) is 0. The van der Waals surface area contributed by atoms with Crippen LogP contribution in [0.2, 0.25) is 0 Å². The Morgan fingerprint density at radius 3 is 2.22 bits per heavy atom. The molecule has 0 fully saturated rings. The van der Waals surface area contributed by atoms with Gasteiger partial charge in [0.05, 0.1) is 0 Å². The molecule has 0 rings (SSSR count). The van der Waals surface area contributed by atoms with Crippen molar-refractivity contribution in [1.82, 2.24) is 0 Å². The van der Waals surface area contributed by atoms with Gasteiger partial charge in [-0.15, -0.1) is 0 Å². The topological polar surface area (TPSA) is 37.3 Å². The fraction of sp³-hybridized carbons (Fsp3) is 0.500. The maximum absolute atomic E-state index is 12.3. The third-order valence-corrected chi connectivity index (χ3v) is 0.467. The van der Waals surface area contributed by atoms with Crippen molar-refractivity contribution >= 4 is 5.97 Å². The number of carboxylic acid groups (broad SMARTS) is 1. The number of carboxylic acids is 1. The van der Waals surface area contributed by atoms with Crippen molar-refractivity contribution in [3.63, 3.8) is 0 Å². The second-order valence-electron chi connectivity index (χ2n) is 2.03. The normalized spacial score (nSPS) is 9.67. The minimum Gasteiger partial charge on any atom is -0.472 e. The monoisotopic (exact) mass is 130 g/mol. The molecule has 0 unspecified atom stereocenters. The molecule has 0 radical (unpaired) electrons. The Morgan fingerprint density at radius 2 is 2.11 bits per heavy atom. The molecule has 0 aromatic carbocycles. The van der Waals surface area contributed by atoms with Gasteiger partial charge in [-0.05, 0) is 13.8 Å². The van der Waals surface area contributed by atoms with Crippen LogP contribution in [0.3, 0.4) is 0 Å². The molecule has 0 amide bonds. The first kappa shape index (κ1) is 7.96. The van der Waals surface area contributed by atoms with Crippen molar-refractivity contribution in [2.75, 3.05) is 0 Å². The Hall–Kier alpha value is -1.04. The summed E-state index contributed by atoms with van der Waals surface area (Å²) in [5.41, 5.74) is -1.71. The molecule has 0 saturated carbocycles. The summed E-state index contributed by atoms with van der Waals surface area (Å²) in [6, 6.07) is 0. The van der Waals surface area contributed by atoms with E-state index in [1.165, 1.54) is 13.8 Å². The molecule has 0 heterocycles. The predicted molar refractivity (Wildman–Crippen MR) is 30.6 cm³/mol. The number of hydrogen-bond acceptors (Lipinski definition) is 1. The number of carbonyl (C=O) groups is 1. The van der Waals surface area contributed by atoms with Crippen LogP contribution in [-0.2, 0) is 4.79 Å². The Balaban J connectivity index is 4.04. The number of halogens is 1. The van der Waals surface area contributed by atoms with Crippen LogP contribution < -0.4 is 0 Å². The van der Waals surface area contributed by atoms with Gasteiger partial charge in [0.2, 0.25) is 0 Å². The average molecular weight is 130 g/mol. The fourth-order valence-electron chi connectivity index (χ4n) is 0.202. The highest BCUT2D eigenvalue weighted by molar-refractivity contribution is 5.86. The molecule has 9 heavy (non-hydrogen) atoms. The number of alkyl halides is 1. The quantitative estimate of drug-likeness (QED) is 0.493. The summed E-state index contributed by atoms with van der Waals surface area (Å²) in [5, 5.41) is 7.94. The van der Waals surface area contributed by atoms with Crippen molar-refractivity contribution < 1.29 is 14.3 Å². The standard InChI is InChI=1S/C6H7FO2/c1-6(2,7)4-3-5(8)9/h1-2H3,(H,8,9). The van der Waals surface area contributed by atoms with Gasteiger partial charge in [-0.25, -0.2) is 9.18 Å². The Labute approximate surface area is 52.7 Å². The van der Waals surface area contributed by atoms with E-state index in [2.05, 4.69) is 0 Å². The van der Waals surface area contributed by atoms with E-state index in [1.54, 1.807) is 5.92 Å². The lowest BCUT2D eigenvalue weighted by Gasteiger charge is -2.00. The minimum absolute atomic E-state index is 1.20. The molecule has 50 valence electrons. The van der Waals surface area contributed by atoms with E-state index in [1.807, 2.05) is 5.92 Å². The second-order valence-corrected chi connectivity index (χ2v) is 2.03. The SMILES string of the molecule is CC(C)(F)C#CC(=O)O. The number of rotatable bonds is 0. The maximum atomic E-state index is 12.3. The van der Waals surface area contributed by atoms with Gasteiger partial charge in [0, 0.05) is 5.92 Å². The molecule has 0 aromatic rings. The van der Waals surface area contributed by atoms with Crippen LogP contribution in [0, 0.1) is 11.8 Å². The van der Waals surface area contributed by atoms with Crippen molar-refractivity contribution in [2.24, 2.45) is 0 Å². The van der Waals surface area contributed by atoms with Crippen LogP contribution >= 0.6 is 0 Å². The van der Waals surface area contributed by atoms with Gasteiger partial charge in [0.15, 0.2) is 5.67 Å². The first-order chi connectivity index (χ1) is 3.92. The van der Waals surface area contributed by atoms with Crippen molar-refractivity contribution in [2.45, 2.75) is 19.5 Å². The van der Waals surface area contributed by atoms with Gasteiger partial charge in [-0.3, -0.25) is 0 Å². The highest BCUT2D eigenvalue weighted by Gasteiger charge is 2.09. The lowest BCUT2D eigenvalue weighted by Crippen LogP contribution is -2.07. The minimum atomic E-state index is -1.71. The van der Waals surface area contributed by atoms with E-state index in [-0.39, 0.29) is 0 Å². The van der Waals surface area contributed by atoms with Gasteiger partial charge in [0.25, 0.3) is 0 Å². The van der Waals surface area contributed by atoms with Crippen molar-refractivity contribution in [1.29, 1.82) is 0 Å². The zero-order valence-electron chi connectivity index (χ0n) is 5.23. The van der Waals surface area contributed by atoms with Crippen LogP contribution in [0.4, 0.5) is 4.39 Å². The number of aliphatic carboxylic acids is 1. The van der Waals surface area contributed by atoms with Gasteiger partial charge in [-0.2, -0.15) is 0 Å². The molecule has 0 saturated heterocycles. The summed E-state index contributed by atoms with van der Waals surface area (Å²) in [6.45, 7) is 2.39. The van der Waals surface area contributed by atoms with E-state index in [9.17, 15) is 9.18 Å². The molecule has 0 bridgehead atoms. The molecule has 0 atom stereocenters. The Kier molecular flexibility index (Phi) is 2.20. The van der Waals surface area contributed by atoms with Crippen LogP contribution in [0.25, 0.3) is 0 Å².